The second-order valence-electron chi connectivity index (χ2n) is 4.05. The molecule has 1 aliphatic carbocycles. The van der Waals surface area contributed by atoms with E-state index in [9.17, 15) is 9.18 Å². The number of aldehydes is 1. The molecule has 2 atom stereocenters. The number of hydrogen-bond acceptors (Lipinski definition) is 1. The number of aryl methyl sites for hydroxylation is 1. The van der Waals surface area contributed by atoms with Crippen LogP contribution in [0.3, 0.4) is 0 Å². The highest BCUT2D eigenvalue weighted by Gasteiger charge is 2.24. The number of carbonyl (C=O) groups excluding carboxylic acids is 1. The smallest absolute Gasteiger partial charge is 0.150 e. The normalized spacial score (nSPS) is 23.4. The first kappa shape index (κ1) is 12.1. The summed E-state index contributed by atoms with van der Waals surface area (Å²) >= 11 is 5.86. The molecule has 17 heavy (non-hydrogen) atoms. The standard InChI is InChI=1S/C14H12ClFO/c1-9-7-10(8-17)5-6-11(9)12-3-2-4-13(15)14(12)16/h2-8,13-14H,1H3. The first-order valence-corrected chi connectivity index (χ1v) is 5.80. The van der Waals surface area contributed by atoms with Crippen LogP contribution in [0.1, 0.15) is 21.5 Å². The van der Waals surface area contributed by atoms with Crippen molar-refractivity contribution in [2.75, 3.05) is 0 Å². The quantitative estimate of drug-likeness (QED) is 0.578. The molecule has 3 heteroatoms. The minimum absolute atomic E-state index is 0.572. The maximum atomic E-state index is 14.0. The zero-order valence-corrected chi connectivity index (χ0v) is 10.1. The third-order valence-corrected chi connectivity index (χ3v) is 3.21. The van der Waals surface area contributed by atoms with Crippen LogP contribution in [0.15, 0.2) is 36.4 Å². The van der Waals surface area contributed by atoms with E-state index in [1.807, 2.05) is 6.92 Å². The predicted octanol–water partition coefficient (Wildman–Crippen LogP) is 3.71. The SMILES string of the molecule is Cc1cc(C=O)ccc1C1=CC=CC(Cl)C1F. The van der Waals surface area contributed by atoms with Gasteiger partial charge >= 0.3 is 0 Å². The van der Waals surface area contributed by atoms with Gasteiger partial charge in [0.05, 0.1) is 5.38 Å². The minimum atomic E-state index is -1.21. The molecule has 1 nitrogen and oxygen atoms in total. The Kier molecular flexibility index (Phi) is 3.43. The van der Waals surface area contributed by atoms with Gasteiger partial charge in [-0.3, -0.25) is 4.79 Å². The van der Waals surface area contributed by atoms with Gasteiger partial charge in [0.15, 0.2) is 0 Å². The third-order valence-electron chi connectivity index (χ3n) is 2.84. The van der Waals surface area contributed by atoms with Crippen molar-refractivity contribution < 1.29 is 9.18 Å². The molecule has 0 amide bonds. The number of alkyl halides is 2. The summed E-state index contributed by atoms with van der Waals surface area (Å²) in [5.74, 6) is 0. The molecule has 0 saturated heterocycles. The van der Waals surface area contributed by atoms with Crippen LogP contribution < -0.4 is 0 Å². The van der Waals surface area contributed by atoms with Crippen LogP contribution in [-0.2, 0) is 0 Å². The topological polar surface area (TPSA) is 17.1 Å². The average molecular weight is 251 g/mol. The molecule has 2 rings (SSSR count). The summed E-state index contributed by atoms with van der Waals surface area (Å²) in [6, 6.07) is 5.20. The molecule has 0 fully saturated rings. The van der Waals surface area contributed by atoms with Crippen molar-refractivity contribution in [2.45, 2.75) is 18.5 Å². The Morgan fingerprint density at radius 1 is 1.41 bits per heavy atom. The summed E-state index contributed by atoms with van der Waals surface area (Å²) in [4.78, 5) is 10.6. The van der Waals surface area contributed by atoms with Crippen molar-refractivity contribution in [3.05, 3.63) is 53.1 Å². The highest BCUT2D eigenvalue weighted by Crippen LogP contribution is 2.31. The summed E-state index contributed by atoms with van der Waals surface area (Å²) < 4.78 is 14.0. The van der Waals surface area contributed by atoms with E-state index < -0.39 is 11.5 Å². The molecular weight excluding hydrogens is 239 g/mol. The van der Waals surface area contributed by atoms with Crippen LogP contribution in [0.4, 0.5) is 4.39 Å². The fourth-order valence-electron chi connectivity index (χ4n) is 1.95. The van der Waals surface area contributed by atoms with Gasteiger partial charge in [0.25, 0.3) is 0 Å². The Morgan fingerprint density at radius 2 is 2.18 bits per heavy atom. The fraction of sp³-hybridized carbons (Fsp3) is 0.214. The Labute approximate surface area is 105 Å². The van der Waals surface area contributed by atoms with Crippen molar-refractivity contribution in [3.63, 3.8) is 0 Å². The second kappa shape index (κ2) is 4.84. The molecule has 0 aromatic heterocycles. The predicted molar refractivity (Wildman–Crippen MR) is 68.2 cm³/mol. The first-order chi connectivity index (χ1) is 8.13. The molecule has 0 heterocycles. The Bertz CT molecular complexity index is 505. The van der Waals surface area contributed by atoms with Crippen LogP contribution in [0.25, 0.3) is 5.57 Å². The molecule has 0 saturated carbocycles. The van der Waals surface area contributed by atoms with Gasteiger partial charge in [-0.2, -0.15) is 0 Å². The van der Waals surface area contributed by atoms with E-state index >= 15 is 0 Å². The first-order valence-electron chi connectivity index (χ1n) is 5.36. The van der Waals surface area contributed by atoms with Crippen molar-refractivity contribution in [1.82, 2.24) is 0 Å². The monoisotopic (exact) mass is 250 g/mol. The number of carbonyl (C=O) groups is 1. The molecule has 0 aliphatic heterocycles. The van der Waals surface area contributed by atoms with Crippen LogP contribution in [-0.4, -0.2) is 17.8 Å². The van der Waals surface area contributed by atoms with Crippen LogP contribution in [0, 0.1) is 6.92 Å². The molecule has 2 unspecified atom stereocenters. The van der Waals surface area contributed by atoms with Gasteiger partial charge in [-0.15, -0.1) is 11.6 Å². The second-order valence-corrected chi connectivity index (χ2v) is 4.55. The summed E-state index contributed by atoms with van der Waals surface area (Å²) in [5.41, 5.74) is 2.85. The Hall–Kier alpha value is -1.41. The molecule has 0 spiro atoms. The van der Waals surface area contributed by atoms with E-state index in [1.54, 1.807) is 36.4 Å². The van der Waals surface area contributed by atoms with Gasteiger partial charge in [-0.05, 0) is 29.7 Å². The van der Waals surface area contributed by atoms with E-state index in [0.717, 1.165) is 17.4 Å². The van der Waals surface area contributed by atoms with Crippen molar-refractivity contribution in [3.8, 4) is 0 Å². The molecule has 0 N–H and O–H groups in total. The number of allylic oxidation sites excluding steroid dienone is 4. The molecule has 1 aliphatic rings. The molecule has 0 bridgehead atoms. The maximum Gasteiger partial charge on any atom is 0.150 e. The van der Waals surface area contributed by atoms with Crippen LogP contribution >= 0.6 is 11.6 Å². The zero-order valence-electron chi connectivity index (χ0n) is 9.36. The highest BCUT2D eigenvalue weighted by atomic mass is 35.5. The summed E-state index contributed by atoms with van der Waals surface area (Å²) in [6.45, 7) is 1.86. The summed E-state index contributed by atoms with van der Waals surface area (Å²) in [6.07, 6.45) is 4.69. The van der Waals surface area contributed by atoms with Crippen molar-refractivity contribution in [2.24, 2.45) is 0 Å². The van der Waals surface area contributed by atoms with Gasteiger partial charge in [0.1, 0.15) is 12.5 Å². The fourth-order valence-corrected chi connectivity index (χ4v) is 2.17. The van der Waals surface area contributed by atoms with Crippen molar-refractivity contribution >= 4 is 23.5 Å². The molecule has 88 valence electrons. The Balaban J connectivity index is 2.44. The summed E-state index contributed by atoms with van der Waals surface area (Å²) in [5, 5.41) is -0.625. The largest absolute Gasteiger partial charge is 0.298 e. The number of hydrogen-bond donors (Lipinski definition) is 0. The van der Waals surface area contributed by atoms with Gasteiger partial charge in [-0.1, -0.05) is 30.4 Å². The average Bonchev–Trinajstić information content (AvgIpc) is 2.33. The van der Waals surface area contributed by atoms with E-state index in [-0.39, 0.29) is 0 Å². The molecule has 0 radical (unpaired) electrons. The van der Waals surface area contributed by atoms with E-state index in [1.165, 1.54) is 0 Å². The lowest BCUT2D eigenvalue weighted by atomic mass is 9.91. The lowest BCUT2D eigenvalue weighted by molar-refractivity contribution is 0.112. The third kappa shape index (κ3) is 2.32. The van der Waals surface area contributed by atoms with Crippen LogP contribution in [0.5, 0.6) is 0 Å². The van der Waals surface area contributed by atoms with E-state index in [0.29, 0.717) is 11.1 Å². The van der Waals surface area contributed by atoms with E-state index in [4.69, 9.17) is 11.6 Å². The number of benzene rings is 1. The maximum absolute atomic E-state index is 14.0. The Morgan fingerprint density at radius 3 is 2.82 bits per heavy atom. The molecule has 1 aromatic rings. The van der Waals surface area contributed by atoms with Gasteiger partial charge in [-0.25, -0.2) is 4.39 Å². The molecular formula is C14H12ClFO. The van der Waals surface area contributed by atoms with Crippen molar-refractivity contribution in [1.29, 1.82) is 0 Å². The molecule has 1 aromatic carbocycles. The minimum Gasteiger partial charge on any atom is -0.298 e. The highest BCUT2D eigenvalue weighted by molar-refractivity contribution is 6.23. The van der Waals surface area contributed by atoms with Crippen LogP contribution in [0.2, 0.25) is 0 Å². The summed E-state index contributed by atoms with van der Waals surface area (Å²) in [7, 11) is 0. The number of rotatable bonds is 2. The zero-order chi connectivity index (χ0) is 12.4. The lowest BCUT2D eigenvalue weighted by Gasteiger charge is -2.20. The van der Waals surface area contributed by atoms with Gasteiger partial charge in [0, 0.05) is 5.56 Å². The number of halogens is 2. The lowest BCUT2D eigenvalue weighted by Crippen LogP contribution is -2.18. The van der Waals surface area contributed by atoms with Gasteiger partial charge < -0.3 is 0 Å². The van der Waals surface area contributed by atoms with E-state index in [2.05, 4.69) is 0 Å². The van der Waals surface area contributed by atoms with Gasteiger partial charge in [0.2, 0.25) is 0 Å².